The normalized spacial score (nSPS) is 11.5. The Morgan fingerprint density at radius 1 is 1.00 bits per heavy atom. The van der Waals surface area contributed by atoms with Crippen molar-refractivity contribution in [2.75, 3.05) is 13.1 Å². The van der Waals surface area contributed by atoms with Crippen molar-refractivity contribution in [1.82, 2.24) is 4.31 Å². The van der Waals surface area contributed by atoms with Gasteiger partial charge in [0.15, 0.2) is 0 Å². The van der Waals surface area contributed by atoms with Crippen LogP contribution in [-0.4, -0.2) is 31.8 Å². The molecule has 0 bridgehead atoms. The van der Waals surface area contributed by atoms with Gasteiger partial charge in [0, 0.05) is 13.1 Å². The molecular formula is C18H20FNO4S. The van der Waals surface area contributed by atoms with E-state index in [2.05, 4.69) is 0 Å². The van der Waals surface area contributed by atoms with Crippen molar-refractivity contribution in [1.29, 1.82) is 0 Å². The van der Waals surface area contributed by atoms with Crippen molar-refractivity contribution in [2.45, 2.75) is 25.3 Å². The highest BCUT2D eigenvalue weighted by Crippen LogP contribution is 2.17. The highest BCUT2D eigenvalue weighted by molar-refractivity contribution is 7.89. The van der Waals surface area contributed by atoms with E-state index in [1.165, 1.54) is 52.8 Å². The number of halogens is 1. The SMILES string of the molecule is CCN(CC)S(=O)(=O)c1ccc(C(=O)OCc2ccc(F)cc2)cc1. The predicted molar refractivity (Wildman–Crippen MR) is 92.1 cm³/mol. The third kappa shape index (κ3) is 4.64. The molecule has 0 aliphatic heterocycles. The molecule has 7 heteroatoms. The summed E-state index contributed by atoms with van der Waals surface area (Å²) in [6.45, 7) is 4.30. The van der Waals surface area contributed by atoms with E-state index in [-0.39, 0.29) is 22.9 Å². The number of hydrogen-bond acceptors (Lipinski definition) is 4. The first-order valence-corrected chi connectivity index (χ1v) is 9.34. The van der Waals surface area contributed by atoms with Crippen LogP contribution in [0.1, 0.15) is 29.8 Å². The van der Waals surface area contributed by atoms with E-state index in [1.54, 1.807) is 13.8 Å². The van der Waals surface area contributed by atoms with Crippen molar-refractivity contribution in [3.05, 3.63) is 65.5 Å². The molecule has 0 aliphatic rings. The zero-order valence-corrected chi connectivity index (χ0v) is 14.9. The summed E-state index contributed by atoms with van der Waals surface area (Å²) < 4.78 is 44.1. The lowest BCUT2D eigenvalue weighted by molar-refractivity contribution is 0.0472. The average Bonchev–Trinajstić information content (AvgIpc) is 2.62. The van der Waals surface area contributed by atoms with Crippen LogP contribution in [0.3, 0.4) is 0 Å². The quantitative estimate of drug-likeness (QED) is 0.707. The van der Waals surface area contributed by atoms with E-state index in [0.717, 1.165) is 0 Å². The lowest BCUT2D eigenvalue weighted by Crippen LogP contribution is -2.30. The van der Waals surface area contributed by atoms with Gasteiger partial charge < -0.3 is 4.74 Å². The molecule has 0 N–H and O–H groups in total. The first-order valence-electron chi connectivity index (χ1n) is 7.90. The Hall–Kier alpha value is -2.25. The molecule has 25 heavy (non-hydrogen) atoms. The minimum absolute atomic E-state index is 0.0125. The minimum atomic E-state index is -3.56. The first-order chi connectivity index (χ1) is 11.9. The van der Waals surface area contributed by atoms with Gasteiger partial charge in [0.1, 0.15) is 12.4 Å². The van der Waals surface area contributed by atoms with Crippen LogP contribution in [0.2, 0.25) is 0 Å². The Balaban J connectivity index is 2.06. The van der Waals surface area contributed by atoms with E-state index in [1.807, 2.05) is 0 Å². The molecule has 0 saturated heterocycles. The number of rotatable bonds is 7. The summed E-state index contributed by atoms with van der Waals surface area (Å²) in [6, 6.07) is 11.3. The fourth-order valence-corrected chi connectivity index (χ4v) is 3.75. The predicted octanol–water partition coefficient (Wildman–Crippen LogP) is 3.21. The van der Waals surface area contributed by atoms with E-state index >= 15 is 0 Å². The molecule has 0 fully saturated rings. The fraction of sp³-hybridized carbons (Fsp3) is 0.278. The summed E-state index contributed by atoms with van der Waals surface area (Å²) >= 11 is 0. The molecule has 0 unspecified atom stereocenters. The zero-order valence-electron chi connectivity index (χ0n) is 14.1. The maximum atomic E-state index is 12.8. The number of carbonyl (C=O) groups is 1. The average molecular weight is 365 g/mol. The van der Waals surface area contributed by atoms with Crippen LogP contribution >= 0.6 is 0 Å². The Bertz CT molecular complexity index is 813. The van der Waals surface area contributed by atoms with Crippen LogP contribution in [0.15, 0.2) is 53.4 Å². The van der Waals surface area contributed by atoms with E-state index < -0.39 is 16.0 Å². The Morgan fingerprint density at radius 3 is 2.08 bits per heavy atom. The van der Waals surface area contributed by atoms with Crippen LogP contribution in [0, 0.1) is 5.82 Å². The third-order valence-electron chi connectivity index (χ3n) is 3.72. The lowest BCUT2D eigenvalue weighted by atomic mass is 10.2. The second kappa shape index (κ2) is 8.22. The van der Waals surface area contributed by atoms with Crippen LogP contribution in [-0.2, 0) is 21.4 Å². The summed E-state index contributed by atoms with van der Waals surface area (Å²) in [4.78, 5) is 12.2. The molecule has 2 rings (SSSR count). The van der Waals surface area contributed by atoms with Crippen LogP contribution in [0.25, 0.3) is 0 Å². The molecule has 0 spiro atoms. The lowest BCUT2D eigenvalue weighted by Gasteiger charge is -2.18. The van der Waals surface area contributed by atoms with Gasteiger partial charge in [-0.15, -0.1) is 0 Å². The molecule has 0 aromatic heterocycles. The Labute approximate surface area is 147 Å². The summed E-state index contributed by atoms with van der Waals surface area (Å²) in [5, 5.41) is 0. The second-order valence-electron chi connectivity index (χ2n) is 5.32. The molecule has 5 nitrogen and oxygen atoms in total. The maximum Gasteiger partial charge on any atom is 0.338 e. The third-order valence-corrected chi connectivity index (χ3v) is 5.78. The number of nitrogens with zero attached hydrogens (tertiary/aromatic N) is 1. The Morgan fingerprint density at radius 2 is 1.56 bits per heavy atom. The summed E-state index contributed by atoms with van der Waals surface area (Å²) in [7, 11) is -3.56. The van der Waals surface area contributed by atoms with Gasteiger partial charge in [-0.25, -0.2) is 17.6 Å². The second-order valence-corrected chi connectivity index (χ2v) is 7.25. The molecule has 0 heterocycles. The number of sulfonamides is 1. The van der Waals surface area contributed by atoms with E-state index in [4.69, 9.17) is 4.74 Å². The highest BCUT2D eigenvalue weighted by Gasteiger charge is 2.21. The number of carbonyl (C=O) groups excluding carboxylic acids is 1. The molecule has 0 aliphatic carbocycles. The molecule has 134 valence electrons. The molecule has 0 atom stereocenters. The number of hydrogen-bond donors (Lipinski definition) is 0. The van der Waals surface area contributed by atoms with Crippen molar-refractivity contribution in [3.63, 3.8) is 0 Å². The fourth-order valence-electron chi connectivity index (χ4n) is 2.29. The standard InChI is InChI=1S/C18H20FNO4S/c1-3-20(4-2)25(22,23)17-11-7-15(8-12-17)18(21)24-13-14-5-9-16(19)10-6-14/h5-12H,3-4,13H2,1-2H3. The molecule has 0 amide bonds. The molecule has 2 aromatic rings. The maximum absolute atomic E-state index is 12.8. The molecule has 2 aromatic carbocycles. The van der Waals surface area contributed by atoms with Gasteiger partial charge in [0.25, 0.3) is 0 Å². The van der Waals surface area contributed by atoms with E-state index in [9.17, 15) is 17.6 Å². The van der Waals surface area contributed by atoms with Crippen molar-refractivity contribution in [3.8, 4) is 0 Å². The van der Waals surface area contributed by atoms with Gasteiger partial charge in [-0.1, -0.05) is 26.0 Å². The van der Waals surface area contributed by atoms with Gasteiger partial charge in [-0.2, -0.15) is 4.31 Å². The van der Waals surface area contributed by atoms with Crippen molar-refractivity contribution >= 4 is 16.0 Å². The number of ether oxygens (including phenoxy) is 1. The summed E-state index contributed by atoms with van der Waals surface area (Å²) in [5.41, 5.74) is 0.913. The van der Waals surface area contributed by atoms with Crippen LogP contribution in [0.5, 0.6) is 0 Å². The minimum Gasteiger partial charge on any atom is -0.457 e. The molecule has 0 radical (unpaired) electrons. The van der Waals surface area contributed by atoms with E-state index in [0.29, 0.717) is 18.7 Å². The number of esters is 1. The molecule has 0 saturated carbocycles. The largest absolute Gasteiger partial charge is 0.457 e. The number of benzene rings is 2. The van der Waals surface area contributed by atoms with Crippen molar-refractivity contribution < 1.29 is 22.3 Å². The van der Waals surface area contributed by atoms with Gasteiger partial charge in [-0.3, -0.25) is 0 Å². The van der Waals surface area contributed by atoms with Gasteiger partial charge in [0.05, 0.1) is 10.5 Å². The van der Waals surface area contributed by atoms with Crippen molar-refractivity contribution in [2.24, 2.45) is 0 Å². The van der Waals surface area contributed by atoms with Gasteiger partial charge in [0.2, 0.25) is 10.0 Å². The summed E-state index contributed by atoms with van der Waals surface area (Å²) in [6.07, 6.45) is 0. The zero-order chi connectivity index (χ0) is 18.4. The first kappa shape index (κ1) is 19.1. The topological polar surface area (TPSA) is 63.7 Å². The monoisotopic (exact) mass is 365 g/mol. The van der Waals surface area contributed by atoms with Gasteiger partial charge >= 0.3 is 5.97 Å². The van der Waals surface area contributed by atoms with Crippen LogP contribution < -0.4 is 0 Å². The summed E-state index contributed by atoms with van der Waals surface area (Å²) in [5.74, 6) is -0.934. The van der Waals surface area contributed by atoms with Gasteiger partial charge in [-0.05, 0) is 42.0 Å². The smallest absolute Gasteiger partial charge is 0.338 e. The Kier molecular flexibility index (Phi) is 6.27. The molecular weight excluding hydrogens is 345 g/mol. The van der Waals surface area contributed by atoms with Crippen LogP contribution in [0.4, 0.5) is 4.39 Å². The highest BCUT2D eigenvalue weighted by atomic mass is 32.2.